The molecule has 0 aromatic heterocycles. The van der Waals surface area contributed by atoms with Crippen molar-refractivity contribution in [3.63, 3.8) is 0 Å². The number of hydrogen-bond donors (Lipinski definition) is 2. The molecule has 0 aliphatic rings. The Morgan fingerprint density at radius 1 is 1.33 bits per heavy atom. The van der Waals surface area contributed by atoms with Crippen molar-refractivity contribution in [2.75, 3.05) is 6.54 Å². The molecule has 0 aliphatic heterocycles. The predicted octanol–water partition coefficient (Wildman–Crippen LogP) is -0.814. The number of carbonyl (C=O) groups excluding carboxylic acids is 2. The van der Waals surface area contributed by atoms with E-state index >= 15 is 0 Å². The van der Waals surface area contributed by atoms with Crippen LogP contribution in [0.15, 0.2) is 25.3 Å². The molecule has 0 aliphatic carbocycles. The van der Waals surface area contributed by atoms with Crippen molar-refractivity contribution in [3.8, 4) is 0 Å². The average Bonchev–Trinajstić information content (AvgIpc) is 2.13. The highest BCUT2D eigenvalue weighted by Crippen LogP contribution is 2.07. The Balaban J connectivity index is 4.90. The predicted molar refractivity (Wildman–Crippen MR) is 44.4 cm³/mol. The molecule has 0 saturated heterocycles. The van der Waals surface area contributed by atoms with Crippen molar-refractivity contribution >= 4 is 11.6 Å². The molecule has 0 saturated carbocycles. The second-order valence-corrected chi connectivity index (χ2v) is 2.20. The van der Waals surface area contributed by atoms with Crippen LogP contribution in [0.25, 0.3) is 0 Å². The molecule has 3 N–H and O–H groups in total. The lowest BCUT2D eigenvalue weighted by Crippen LogP contribution is -2.51. The monoisotopic (exact) mass is 169 g/mol. The van der Waals surface area contributed by atoms with Gasteiger partial charge in [0.25, 0.3) is 0 Å². The molecule has 66 valence electrons. The van der Waals surface area contributed by atoms with Gasteiger partial charge in [-0.1, -0.05) is 13.2 Å². The highest BCUT2D eigenvalue weighted by Gasteiger charge is 2.38. The summed E-state index contributed by atoms with van der Waals surface area (Å²) in [5.74, 6) is -1.62. The van der Waals surface area contributed by atoms with Crippen molar-refractivity contribution in [2.45, 2.75) is 5.60 Å². The van der Waals surface area contributed by atoms with Crippen LogP contribution in [0.4, 0.5) is 0 Å². The first kappa shape index (κ1) is 10.7. The van der Waals surface area contributed by atoms with Crippen LogP contribution in [0.1, 0.15) is 0 Å². The van der Waals surface area contributed by atoms with Gasteiger partial charge in [0.05, 0.1) is 0 Å². The summed E-state index contributed by atoms with van der Waals surface area (Å²) in [4.78, 5) is 21.9. The maximum atomic E-state index is 10.9. The maximum absolute atomic E-state index is 10.9. The molecule has 0 heterocycles. The molecule has 0 aromatic carbocycles. The van der Waals surface area contributed by atoms with Crippen molar-refractivity contribution in [3.05, 3.63) is 25.3 Å². The van der Waals surface area contributed by atoms with E-state index in [4.69, 9.17) is 5.73 Å². The quantitative estimate of drug-likeness (QED) is 0.416. The van der Waals surface area contributed by atoms with E-state index in [0.717, 1.165) is 12.2 Å². The normalized spacial score (nSPS) is 10.5. The molecular formula is C8H11NO3. The summed E-state index contributed by atoms with van der Waals surface area (Å²) < 4.78 is 0. The molecule has 0 radical (unpaired) electrons. The minimum absolute atomic E-state index is 0.470. The van der Waals surface area contributed by atoms with Gasteiger partial charge in [0.1, 0.15) is 0 Å². The van der Waals surface area contributed by atoms with Gasteiger partial charge < -0.3 is 10.8 Å². The van der Waals surface area contributed by atoms with E-state index in [2.05, 4.69) is 13.2 Å². The highest BCUT2D eigenvalue weighted by molar-refractivity contribution is 6.18. The van der Waals surface area contributed by atoms with Crippen LogP contribution in [0.2, 0.25) is 0 Å². The minimum atomic E-state index is -2.18. The summed E-state index contributed by atoms with van der Waals surface area (Å²) in [6.45, 7) is 5.81. The summed E-state index contributed by atoms with van der Waals surface area (Å²) in [6, 6.07) is 0. The third-order valence-corrected chi connectivity index (χ3v) is 1.48. The number of rotatable bonds is 5. The van der Waals surface area contributed by atoms with Crippen LogP contribution in [0.3, 0.4) is 0 Å². The average molecular weight is 169 g/mol. The van der Waals surface area contributed by atoms with Gasteiger partial charge in [0.2, 0.25) is 5.60 Å². The van der Waals surface area contributed by atoms with Crippen LogP contribution in [-0.4, -0.2) is 28.8 Å². The van der Waals surface area contributed by atoms with Gasteiger partial charge in [0, 0.05) is 6.54 Å². The topological polar surface area (TPSA) is 80.4 Å². The fraction of sp³-hybridized carbons (Fsp3) is 0.250. The lowest BCUT2D eigenvalue weighted by Gasteiger charge is -2.19. The fourth-order valence-electron chi connectivity index (χ4n) is 0.660. The third kappa shape index (κ3) is 1.66. The number of hydrogen-bond acceptors (Lipinski definition) is 4. The van der Waals surface area contributed by atoms with E-state index in [1.807, 2.05) is 0 Å². The van der Waals surface area contributed by atoms with E-state index < -0.39 is 23.7 Å². The lowest BCUT2D eigenvalue weighted by molar-refractivity contribution is -0.143. The van der Waals surface area contributed by atoms with Crippen molar-refractivity contribution in [2.24, 2.45) is 5.73 Å². The first-order chi connectivity index (χ1) is 5.52. The Morgan fingerprint density at radius 3 is 1.83 bits per heavy atom. The Hall–Kier alpha value is -1.26. The lowest BCUT2D eigenvalue weighted by atomic mass is 9.93. The van der Waals surface area contributed by atoms with E-state index in [1.165, 1.54) is 0 Å². The molecule has 12 heavy (non-hydrogen) atoms. The van der Waals surface area contributed by atoms with Gasteiger partial charge in [-0.2, -0.15) is 0 Å². The molecule has 0 atom stereocenters. The van der Waals surface area contributed by atoms with Gasteiger partial charge in [0.15, 0.2) is 11.6 Å². The molecule has 0 fully saturated rings. The summed E-state index contributed by atoms with van der Waals surface area (Å²) in [5.41, 5.74) is 2.90. The van der Waals surface area contributed by atoms with Crippen molar-refractivity contribution in [1.29, 1.82) is 0 Å². The Bertz CT molecular complexity index is 212. The first-order valence-corrected chi connectivity index (χ1v) is 3.29. The molecule has 0 bridgehead atoms. The van der Waals surface area contributed by atoms with Gasteiger partial charge in [-0.05, 0) is 12.2 Å². The van der Waals surface area contributed by atoms with Gasteiger partial charge in [-0.25, -0.2) is 0 Å². The zero-order chi connectivity index (χ0) is 9.78. The van der Waals surface area contributed by atoms with Crippen LogP contribution < -0.4 is 5.73 Å². The summed E-state index contributed by atoms with van der Waals surface area (Å²) in [6.07, 6.45) is 1.71. The van der Waals surface area contributed by atoms with E-state index in [1.54, 1.807) is 0 Å². The number of ketones is 2. The SMILES string of the molecule is C=CC(=O)C(O)(CN)C(=O)C=C. The first-order valence-electron chi connectivity index (χ1n) is 3.29. The van der Waals surface area contributed by atoms with Crippen molar-refractivity contribution in [1.82, 2.24) is 0 Å². The summed E-state index contributed by atoms with van der Waals surface area (Å²) >= 11 is 0. The zero-order valence-corrected chi connectivity index (χ0v) is 6.62. The number of aliphatic hydroxyl groups is 1. The summed E-state index contributed by atoms with van der Waals surface area (Å²) in [7, 11) is 0. The highest BCUT2D eigenvalue weighted by atomic mass is 16.3. The molecule has 0 spiro atoms. The summed E-state index contributed by atoms with van der Waals surface area (Å²) in [5, 5.41) is 9.39. The molecular weight excluding hydrogens is 158 g/mol. The molecule has 4 nitrogen and oxygen atoms in total. The van der Waals surface area contributed by atoms with Gasteiger partial charge in [-0.3, -0.25) is 9.59 Å². The third-order valence-electron chi connectivity index (χ3n) is 1.48. The molecule has 0 unspecified atom stereocenters. The fourth-order valence-corrected chi connectivity index (χ4v) is 0.660. The second kappa shape index (κ2) is 3.94. The van der Waals surface area contributed by atoms with Crippen molar-refractivity contribution < 1.29 is 14.7 Å². The Morgan fingerprint density at radius 2 is 1.67 bits per heavy atom. The van der Waals surface area contributed by atoms with Crippen LogP contribution >= 0.6 is 0 Å². The van der Waals surface area contributed by atoms with Crippen LogP contribution in [0, 0.1) is 0 Å². The smallest absolute Gasteiger partial charge is 0.201 e. The maximum Gasteiger partial charge on any atom is 0.201 e. The largest absolute Gasteiger partial charge is 0.373 e. The molecule has 0 amide bonds. The molecule has 4 heteroatoms. The standard InChI is InChI=1S/C8H11NO3/c1-3-6(10)8(12,5-9)7(11)4-2/h3-4,12H,1-2,5,9H2. The van der Waals surface area contributed by atoms with Gasteiger partial charge in [-0.15, -0.1) is 0 Å². The minimum Gasteiger partial charge on any atom is -0.373 e. The van der Waals surface area contributed by atoms with E-state index in [9.17, 15) is 14.7 Å². The zero-order valence-electron chi connectivity index (χ0n) is 6.62. The number of carbonyl (C=O) groups is 2. The van der Waals surface area contributed by atoms with E-state index in [0.29, 0.717) is 0 Å². The molecule has 0 aromatic rings. The Kier molecular flexibility index (Phi) is 3.53. The molecule has 0 rings (SSSR count). The van der Waals surface area contributed by atoms with Crippen LogP contribution in [0.5, 0.6) is 0 Å². The number of nitrogens with two attached hydrogens (primary N) is 1. The second-order valence-electron chi connectivity index (χ2n) is 2.20. The van der Waals surface area contributed by atoms with Gasteiger partial charge >= 0.3 is 0 Å². The Labute approximate surface area is 70.4 Å². The van der Waals surface area contributed by atoms with E-state index in [-0.39, 0.29) is 0 Å². The van der Waals surface area contributed by atoms with Crippen LogP contribution in [-0.2, 0) is 9.59 Å².